The van der Waals surface area contributed by atoms with Gasteiger partial charge in [0.05, 0.1) is 11.4 Å². The number of nitrogens with one attached hydrogen (secondary N) is 1. The van der Waals surface area contributed by atoms with Gasteiger partial charge in [-0.3, -0.25) is 0 Å². The summed E-state index contributed by atoms with van der Waals surface area (Å²) >= 11 is 9.36. The molecule has 1 N–H and O–H groups in total. The monoisotopic (exact) mass is 323 g/mol. The maximum absolute atomic E-state index is 6.01. The zero-order chi connectivity index (χ0) is 13.9. The van der Waals surface area contributed by atoms with Gasteiger partial charge in [0.25, 0.3) is 0 Å². The molecule has 3 aromatic heterocycles. The van der Waals surface area contributed by atoms with E-state index < -0.39 is 0 Å². The van der Waals surface area contributed by atoms with Crippen molar-refractivity contribution in [3.63, 3.8) is 0 Å². The minimum absolute atomic E-state index is 0.272. The van der Waals surface area contributed by atoms with E-state index >= 15 is 0 Å². The lowest BCUT2D eigenvalue weighted by molar-refractivity contribution is 0.685. The van der Waals surface area contributed by atoms with Crippen LogP contribution in [0.1, 0.15) is 30.7 Å². The van der Waals surface area contributed by atoms with Gasteiger partial charge in [0, 0.05) is 4.88 Å². The fourth-order valence-electron chi connectivity index (χ4n) is 2.17. The molecule has 0 bridgehead atoms. The molecule has 3 rings (SSSR count). The first kappa shape index (κ1) is 13.8. The summed E-state index contributed by atoms with van der Waals surface area (Å²) in [6.45, 7) is 2.19. The number of fused-ring (bicyclic) bond motifs is 1. The number of rotatable bonds is 5. The molecule has 0 aliphatic carbocycles. The zero-order valence-electron chi connectivity index (χ0n) is 11.0. The molecule has 6 heteroatoms. The number of thiophene rings is 2. The topological polar surface area (TPSA) is 37.8 Å². The molecule has 0 fully saturated rings. The molecule has 1 atom stereocenters. The van der Waals surface area contributed by atoms with E-state index in [1.807, 2.05) is 11.4 Å². The highest BCUT2D eigenvalue weighted by Crippen LogP contribution is 2.32. The van der Waals surface area contributed by atoms with Gasteiger partial charge in [-0.1, -0.05) is 19.4 Å². The number of anilines is 1. The largest absolute Gasteiger partial charge is 0.362 e. The summed E-state index contributed by atoms with van der Waals surface area (Å²) in [5.41, 5.74) is 0. The summed E-state index contributed by atoms with van der Waals surface area (Å²) in [5.74, 6) is 0.827. The Hall–Kier alpha value is -1.17. The van der Waals surface area contributed by atoms with Gasteiger partial charge in [-0.25, -0.2) is 9.97 Å². The van der Waals surface area contributed by atoms with Crippen LogP contribution in [0.3, 0.4) is 0 Å². The minimum atomic E-state index is 0.272. The van der Waals surface area contributed by atoms with Crippen molar-refractivity contribution in [3.05, 3.63) is 39.1 Å². The highest BCUT2D eigenvalue weighted by Gasteiger charge is 2.15. The summed E-state index contributed by atoms with van der Waals surface area (Å²) in [4.78, 5) is 10.9. The molecule has 3 nitrogen and oxygen atoms in total. The SMILES string of the molecule is CCCC(Nc1nc(Cl)nc2sccc12)c1cccs1. The molecule has 0 amide bonds. The number of nitrogens with zero attached hydrogens (tertiary/aromatic N) is 2. The van der Waals surface area contributed by atoms with Crippen molar-refractivity contribution in [2.45, 2.75) is 25.8 Å². The van der Waals surface area contributed by atoms with Crippen LogP contribution in [-0.4, -0.2) is 9.97 Å². The quantitative estimate of drug-likeness (QED) is 0.642. The Morgan fingerprint density at radius 2 is 2.15 bits per heavy atom. The summed E-state index contributed by atoms with van der Waals surface area (Å²) in [5, 5.41) is 8.99. The summed E-state index contributed by atoms with van der Waals surface area (Å²) in [7, 11) is 0. The predicted molar refractivity (Wildman–Crippen MR) is 88.0 cm³/mol. The van der Waals surface area contributed by atoms with E-state index in [4.69, 9.17) is 11.6 Å². The standard InChI is InChI=1S/C14H14ClN3S2/c1-2-4-10(11-5-3-7-19-11)16-12-9-6-8-20-13(9)18-14(15)17-12/h3,5-8,10H,2,4H2,1H3,(H,16,17,18). The molecule has 0 aliphatic heterocycles. The molecule has 3 aromatic rings. The first-order valence-corrected chi connectivity index (χ1v) is 8.62. The molecule has 1 unspecified atom stereocenters. The Labute approximate surface area is 130 Å². The first-order valence-electron chi connectivity index (χ1n) is 6.48. The summed E-state index contributed by atoms with van der Waals surface area (Å²) < 4.78 is 0. The second-order valence-corrected chi connectivity index (χ2v) is 6.69. The Balaban J connectivity index is 1.96. The first-order chi connectivity index (χ1) is 9.78. The van der Waals surface area contributed by atoms with E-state index in [-0.39, 0.29) is 6.04 Å². The van der Waals surface area contributed by atoms with Crippen LogP contribution in [0.15, 0.2) is 29.0 Å². The molecular formula is C14H14ClN3S2. The van der Waals surface area contributed by atoms with Gasteiger partial charge in [0.1, 0.15) is 10.6 Å². The molecule has 0 saturated heterocycles. The summed E-state index contributed by atoms with van der Waals surface area (Å²) in [6, 6.07) is 6.55. The normalized spacial score (nSPS) is 12.7. The lowest BCUT2D eigenvalue weighted by atomic mass is 10.1. The number of hydrogen-bond donors (Lipinski definition) is 1. The van der Waals surface area contributed by atoms with Gasteiger partial charge >= 0.3 is 0 Å². The minimum Gasteiger partial charge on any atom is -0.362 e. The lowest BCUT2D eigenvalue weighted by Crippen LogP contribution is -2.10. The van der Waals surface area contributed by atoms with Crippen molar-refractivity contribution >= 4 is 50.3 Å². The van der Waals surface area contributed by atoms with Crippen molar-refractivity contribution in [3.8, 4) is 0 Å². The Morgan fingerprint density at radius 3 is 2.90 bits per heavy atom. The van der Waals surface area contributed by atoms with Crippen molar-refractivity contribution in [2.75, 3.05) is 5.32 Å². The highest BCUT2D eigenvalue weighted by molar-refractivity contribution is 7.16. The third-order valence-corrected chi connectivity index (χ3v) is 5.03. The van der Waals surface area contributed by atoms with Gasteiger partial charge in [-0.05, 0) is 40.9 Å². The maximum Gasteiger partial charge on any atom is 0.225 e. The van der Waals surface area contributed by atoms with Gasteiger partial charge in [-0.2, -0.15) is 0 Å². The smallest absolute Gasteiger partial charge is 0.225 e. The van der Waals surface area contributed by atoms with Crippen LogP contribution in [0.2, 0.25) is 5.28 Å². The molecule has 104 valence electrons. The van der Waals surface area contributed by atoms with E-state index in [0.29, 0.717) is 5.28 Å². The average molecular weight is 324 g/mol. The molecule has 3 heterocycles. The van der Waals surface area contributed by atoms with Crippen LogP contribution < -0.4 is 5.32 Å². The van der Waals surface area contributed by atoms with E-state index in [9.17, 15) is 0 Å². The Morgan fingerprint density at radius 1 is 1.25 bits per heavy atom. The van der Waals surface area contributed by atoms with Gasteiger partial charge < -0.3 is 5.32 Å². The molecule has 0 aromatic carbocycles. The van der Waals surface area contributed by atoms with Crippen LogP contribution in [0.5, 0.6) is 0 Å². The van der Waals surface area contributed by atoms with Crippen molar-refractivity contribution < 1.29 is 0 Å². The van der Waals surface area contributed by atoms with Crippen LogP contribution in [0.25, 0.3) is 10.2 Å². The highest BCUT2D eigenvalue weighted by atomic mass is 35.5. The molecule has 20 heavy (non-hydrogen) atoms. The third-order valence-electron chi connectivity index (χ3n) is 3.07. The zero-order valence-corrected chi connectivity index (χ0v) is 13.4. The Kier molecular flexibility index (Phi) is 4.19. The van der Waals surface area contributed by atoms with Crippen LogP contribution in [0, 0.1) is 0 Å². The van der Waals surface area contributed by atoms with Crippen LogP contribution in [-0.2, 0) is 0 Å². The molecular weight excluding hydrogens is 310 g/mol. The van der Waals surface area contributed by atoms with Crippen molar-refractivity contribution in [1.82, 2.24) is 9.97 Å². The van der Waals surface area contributed by atoms with Gasteiger partial charge in [0.15, 0.2) is 0 Å². The van der Waals surface area contributed by atoms with Crippen molar-refractivity contribution in [1.29, 1.82) is 0 Å². The number of halogens is 1. The Bertz CT molecular complexity index is 694. The maximum atomic E-state index is 6.01. The molecule has 0 aliphatic rings. The molecule has 0 saturated carbocycles. The number of hydrogen-bond acceptors (Lipinski definition) is 5. The second kappa shape index (κ2) is 6.08. The lowest BCUT2D eigenvalue weighted by Gasteiger charge is -2.18. The fourth-order valence-corrected chi connectivity index (χ4v) is 3.96. The van der Waals surface area contributed by atoms with E-state index in [1.54, 1.807) is 22.7 Å². The van der Waals surface area contributed by atoms with E-state index in [1.165, 1.54) is 4.88 Å². The van der Waals surface area contributed by atoms with Crippen LogP contribution in [0.4, 0.5) is 5.82 Å². The predicted octanol–water partition coefficient (Wildman–Crippen LogP) is 5.36. The average Bonchev–Trinajstić information content (AvgIpc) is 3.08. The second-order valence-electron chi connectivity index (χ2n) is 4.48. The third kappa shape index (κ3) is 2.80. The van der Waals surface area contributed by atoms with Gasteiger partial charge in [0.2, 0.25) is 5.28 Å². The van der Waals surface area contributed by atoms with E-state index in [0.717, 1.165) is 28.9 Å². The molecule has 0 spiro atoms. The van der Waals surface area contributed by atoms with E-state index in [2.05, 4.69) is 39.7 Å². The summed E-state index contributed by atoms with van der Waals surface area (Å²) in [6.07, 6.45) is 2.18. The van der Waals surface area contributed by atoms with Gasteiger partial charge in [-0.15, -0.1) is 22.7 Å². The van der Waals surface area contributed by atoms with Crippen molar-refractivity contribution in [2.24, 2.45) is 0 Å². The fraction of sp³-hybridized carbons (Fsp3) is 0.286. The number of aromatic nitrogens is 2. The molecule has 0 radical (unpaired) electrons. The van der Waals surface area contributed by atoms with Crippen LogP contribution >= 0.6 is 34.3 Å².